The number of amides is 1. The molecule has 0 saturated heterocycles. The first-order valence-electron chi connectivity index (χ1n) is 4.57. The maximum absolute atomic E-state index is 11.3. The summed E-state index contributed by atoms with van der Waals surface area (Å²) < 4.78 is 5.05. The smallest absolute Gasteiger partial charge is 0.224 e. The van der Waals surface area contributed by atoms with E-state index in [1.807, 2.05) is 6.92 Å². The Morgan fingerprint density at radius 3 is 2.69 bits per heavy atom. The lowest BCUT2D eigenvalue weighted by atomic mass is 10.3. The first-order valence-corrected chi connectivity index (χ1v) is 4.57. The van der Waals surface area contributed by atoms with Gasteiger partial charge >= 0.3 is 0 Å². The van der Waals surface area contributed by atoms with E-state index in [4.69, 9.17) is 9.84 Å². The van der Waals surface area contributed by atoms with Crippen LogP contribution in [0.3, 0.4) is 0 Å². The Labute approximate surface area is 79.5 Å². The summed E-state index contributed by atoms with van der Waals surface area (Å²) in [5.74, 6) is 0.00866. The molecule has 1 unspecified atom stereocenters. The number of carbonyl (C=O) groups is 1. The van der Waals surface area contributed by atoms with Crippen LogP contribution in [0.2, 0.25) is 0 Å². The minimum absolute atomic E-state index is 0.00866. The summed E-state index contributed by atoms with van der Waals surface area (Å²) in [6.07, 6.45) is -0.0853. The summed E-state index contributed by atoms with van der Waals surface area (Å²) in [5, 5.41) is 9.02. The van der Waals surface area contributed by atoms with Crippen LogP contribution in [0, 0.1) is 0 Å². The van der Waals surface area contributed by atoms with E-state index in [2.05, 4.69) is 0 Å². The molecular weight excluding hydrogens is 170 g/mol. The lowest BCUT2D eigenvalue weighted by molar-refractivity contribution is -0.132. The molecule has 4 nitrogen and oxygen atoms in total. The van der Waals surface area contributed by atoms with Gasteiger partial charge in [0.15, 0.2) is 0 Å². The minimum Gasteiger partial charge on any atom is -0.392 e. The van der Waals surface area contributed by atoms with Crippen LogP contribution < -0.4 is 0 Å². The van der Waals surface area contributed by atoms with Gasteiger partial charge in [-0.05, 0) is 13.8 Å². The average molecular weight is 189 g/mol. The highest BCUT2D eigenvalue weighted by molar-refractivity contribution is 5.75. The topological polar surface area (TPSA) is 49.8 Å². The minimum atomic E-state index is -0.471. The SMILES string of the molecule is CCOCCC(=O)N(C)CC(C)O. The van der Waals surface area contributed by atoms with Crippen LogP contribution in [0.15, 0.2) is 0 Å². The van der Waals surface area contributed by atoms with Crippen molar-refractivity contribution < 1.29 is 14.6 Å². The van der Waals surface area contributed by atoms with Gasteiger partial charge < -0.3 is 14.7 Å². The van der Waals surface area contributed by atoms with Crippen molar-refractivity contribution in [3.63, 3.8) is 0 Å². The Morgan fingerprint density at radius 2 is 2.23 bits per heavy atom. The average Bonchev–Trinajstić information content (AvgIpc) is 2.03. The first-order chi connectivity index (χ1) is 6.07. The number of likely N-dealkylation sites (N-methyl/N-ethyl adjacent to an activating group) is 1. The van der Waals surface area contributed by atoms with E-state index in [-0.39, 0.29) is 5.91 Å². The highest BCUT2D eigenvalue weighted by atomic mass is 16.5. The van der Waals surface area contributed by atoms with Crippen molar-refractivity contribution in [2.75, 3.05) is 26.8 Å². The monoisotopic (exact) mass is 189 g/mol. The molecule has 4 heteroatoms. The fraction of sp³-hybridized carbons (Fsp3) is 0.889. The largest absolute Gasteiger partial charge is 0.392 e. The van der Waals surface area contributed by atoms with Gasteiger partial charge in [0.05, 0.1) is 19.1 Å². The van der Waals surface area contributed by atoms with Crippen LogP contribution in [-0.4, -0.2) is 48.8 Å². The van der Waals surface area contributed by atoms with Gasteiger partial charge in [-0.2, -0.15) is 0 Å². The van der Waals surface area contributed by atoms with Gasteiger partial charge in [-0.1, -0.05) is 0 Å². The molecule has 0 rings (SSSR count). The normalized spacial score (nSPS) is 12.6. The molecule has 78 valence electrons. The molecule has 0 bridgehead atoms. The van der Waals surface area contributed by atoms with Gasteiger partial charge in [-0.25, -0.2) is 0 Å². The van der Waals surface area contributed by atoms with Crippen LogP contribution in [0.1, 0.15) is 20.3 Å². The number of hydrogen-bond donors (Lipinski definition) is 1. The van der Waals surface area contributed by atoms with Crippen molar-refractivity contribution in [1.82, 2.24) is 4.90 Å². The molecule has 1 atom stereocenters. The van der Waals surface area contributed by atoms with Crippen molar-refractivity contribution in [3.8, 4) is 0 Å². The van der Waals surface area contributed by atoms with Crippen molar-refractivity contribution in [3.05, 3.63) is 0 Å². The van der Waals surface area contributed by atoms with Crippen molar-refractivity contribution >= 4 is 5.91 Å². The zero-order valence-corrected chi connectivity index (χ0v) is 8.62. The van der Waals surface area contributed by atoms with E-state index in [1.165, 1.54) is 4.90 Å². The second-order valence-corrected chi connectivity index (χ2v) is 3.07. The van der Waals surface area contributed by atoms with Gasteiger partial charge in [-0.15, -0.1) is 0 Å². The lowest BCUT2D eigenvalue weighted by Gasteiger charge is -2.18. The van der Waals surface area contributed by atoms with Gasteiger partial charge in [0.1, 0.15) is 0 Å². The second kappa shape index (κ2) is 6.86. The Hall–Kier alpha value is -0.610. The number of ether oxygens (including phenoxy) is 1. The van der Waals surface area contributed by atoms with Gasteiger partial charge in [-0.3, -0.25) is 4.79 Å². The number of aliphatic hydroxyl groups is 1. The Kier molecular flexibility index (Phi) is 6.54. The first kappa shape index (κ1) is 12.4. The van der Waals surface area contributed by atoms with Gasteiger partial charge in [0, 0.05) is 20.2 Å². The summed E-state index contributed by atoms with van der Waals surface area (Å²) in [5.41, 5.74) is 0. The standard InChI is InChI=1S/C9H19NO3/c1-4-13-6-5-9(12)10(3)7-8(2)11/h8,11H,4-7H2,1-3H3. The molecular formula is C9H19NO3. The summed E-state index contributed by atoms with van der Waals surface area (Å²) >= 11 is 0. The molecule has 0 heterocycles. The maximum Gasteiger partial charge on any atom is 0.224 e. The Balaban J connectivity index is 3.57. The summed E-state index contributed by atoms with van der Waals surface area (Å²) in [4.78, 5) is 12.8. The van der Waals surface area contributed by atoms with Gasteiger partial charge in [0.2, 0.25) is 5.91 Å². The van der Waals surface area contributed by atoms with E-state index in [0.717, 1.165) is 0 Å². The number of carbonyl (C=O) groups excluding carboxylic acids is 1. The summed E-state index contributed by atoms with van der Waals surface area (Å²) in [6, 6.07) is 0. The van der Waals surface area contributed by atoms with Crippen molar-refractivity contribution in [2.24, 2.45) is 0 Å². The third-order valence-corrected chi connectivity index (χ3v) is 1.63. The molecule has 0 saturated carbocycles. The molecule has 0 aromatic carbocycles. The number of rotatable bonds is 6. The third kappa shape index (κ3) is 6.54. The zero-order chi connectivity index (χ0) is 10.3. The van der Waals surface area contributed by atoms with E-state index in [1.54, 1.807) is 14.0 Å². The van der Waals surface area contributed by atoms with Crippen LogP contribution in [0.4, 0.5) is 0 Å². The highest BCUT2D eigenvalue weighted by Gasteiger charge is 2.09. The van der Waals surface area contributed by atoms with Crippen LogP contribution in [-0.2, 0) is 9.53 Å². The molecule has 1 amide bonds. The molecule has 0 aliphatic rings. The van der Waals surface area contributed by atoms with Crippen LogP contribution >= 0.6 is 0 Å². The fourth-order valence-electron chi connectivity index (χ4n) is 0.993. The fourth-order valence-corrected chi connectivity index (χ4v) is 0.993. The van der Waals surface area contributed by atoms with Crippen LogP contribution in [0.25, 0.3) is 0 Å². The molecule has 0 aliphatic heterocycles. The lowest BCUT2D eigenvalue weighted by Crippen LogP contribution is -2.33. The quantitative estimate of drug-likeness (QED) is 0.609. The maximum atomic E-state index is 11.3. The summed E-state index contributed by atoms with van der Waals surface area (Å²) in [7, 11) is 1.68. The predicted octanol–water partition coefficient (Wildman–Crippen LogP) is 0.252. The van der Waals surface area contributed by atoms with E-state index in [0.29, 0.717) is 26.2 Å². The molecule has 13 heavy (non-hydrogen) atoms. The molecule has 0 radical (unpaired) electrons. The number of nitrogens with zero attached hydrogens (tertiary/aromatic N) is 1. The molecule has 1 N–H and O–H groups in total. The molecule has 0 aromatic heterocycles. The number of hydrogen-bond acceptors (Lipinski definition) is 3. The highest BCUT2D eigenvalue weighted by Crippen LogP contribution is 1.94. The number of aliphatic hydroxyl groups excluding tert-OH is 1. The van der Waals surface area contributed by atoms with Gasteiger partial charge in [0.25, 0.3) is 0 Å². The molecule has 0 aliphatic carbocycles. The molecule has 0 aromatic rings. The predicted molar refractivity (Wildman–Crippen MR) is 50.4 cm³/mol. The van der Waals surface area contributed by atoms with E-state index >= 15 is 0 Å². The van der Waals surface area contributed by atoms with Crippen LogP contribution in [0.5, 0.6) is 0 Å². The second-order valence-electron chi connectivity index (χ2n) is 3.07. The van der Waals surface area contributed by atoms with E-state index < -0.39 is 6.10 Å². The van der Waals surface area contributed by atoms with Crippen molar-refractivity contribution in [2.45, 2.75) is 26.4 Å². The Morgan fingerprint density at radius 1 is 1.62 bits per heavy atom. The Bertz CT molecular complexity index is 148. The third-order valence-electron chi connectivity index (χ3n) is 1.63. The molecule has 0 fully saturated rings. The van der Waals surface area contributed by atoms with E-state index in [9.17, 15) is 4.79 Å². The van der Waals surface area contributed by atoms with Crippen molar-refractivity contribution in [1.29, 1.82) is 0 Å². The molecule has 0 spiro atoms. The zero-order valence-electron chi connectivity index (χ0n) is 8.62. The summed E-state index contributed by atoms with van der Waals surface area (Å²) in [6.45, 7) is 5.02.